The van der Waals surface area contributed by atoms with Crippen LogP contribution in [0.15, 0.2) is 11.1 Å². The minimum absolute atomic E-state index is 0.00422. The van der Waals surface area contributed by atoms with Crippen LogP contribution in [0.4, 0.5) is 0 Å². The topological polar surface area (TPSA) is 77.7 Å². The Balaban J connectivity index is 1.40. The number of rotatable bonds is 1. The third kappa shape index (κ3) is 1.71. The Morgan fingerprint density at radius 3 is 2.61 bits per heavy atom. The molecule has 6 heteroatoms. The summed E-state index contributed by atoms with van der Waals surface area (Å²) in [6.45, 7) is 10.2. The maximum atomic E-state index is 12.3. The van der Waals surface area contributed by atoms with Gasteiger partial charge in [0.15, 0.2) is 0 Å². The zero-order chi connectivity index (χ0) is 19.9. The van der Waals surface area contributed by atoms with Crippen molar-refractivity contribution in [3.05, 3.63) is 11.1 Å². The third-order valence-electron chi connectivity index (χ3n) is 9.08. The number of carbonyl (C=O) groups is 2. The quantitative estimate of drug-likeness (QED) is 0.508. The number of hydrogen-bond donors (Lipinski definition) is 0. The summed E-state index contributed by atoms with van der Waals surface area (Å²) in [4.78, 5) is 23.9. The predicted octanol–water partition coefficient (Wildman–Crippen LogP) is 2.89. The lowest BCUT2D eigenvalue weighted by Gasteiger charge is -2.61. The van der Waals surface area contributed by atoms with Crippen LogP contribution in [0.5, 0.6) is 0 Å². The fourth-order valence-electron chi connectivity index (χ4n) is 7.91. The second kappa shape index (κ2) is 4.67. The van der Waals surface area contributed by atoms with Gasteiger partial charge in [-0.05, 0) is 43.9 Å². The smallest absolute Gasteiger partial charge is 0.336 e. The highest BCUT2D eigenvalue weighted by molar-refractivity contribution is 5.93. The largest absolute Gasteiger partial charge is 0.462 e. The summed E-state index contributed by atoms with van der Waals surface area (Å²) >= 11 is 0. The second-order valence-corrected chi connectivity index (χ2v) is 10.6. The number of esters is 2. The number of carbonyl (C=O) groups excluding carboxylic acids is 2. The van der Waals surface area contributed by atoms with E-state index in [-0.39, 0.29) is 52.6 Å². The van der Waals surface area contributed by atoms with Crippen molar-refractivity contribution < 1.29 is 28.5 Å². The zero-order valence-electron chi connectivity index (χ0n) is 17.2. The first kappa shape index (κ1) is 17.5. The Morgan fingerprint density at radius 2 is 1.89 bits per heavy atom. The van der Waals surface area contributed by atoms with Crippen LogP contribution in [0.2, 0.25) is 0 Å². The van der Waals surface area contributed by atoms with E-state index in [0.29, 0.717) is 11.5 Å². The van der Waals surface area contributed by atoms with Gasteiger partial charge in [-0.25, -0.2) is 4.79 Å². The zero-order valence-corrected chi connectivity index (χ0v) is 17.2. The molecular weight excluding hydrogens is 360 g/mol. The first-order valence-corrected chi connectivity index (χ1v) is 10.6. The van der Waals surface area contributed by atoms with Gasteiger partial charge in [-0.15, -0.1) is 0 Å². The first-order chi connectivity index (χ1) is 13.1. The average Bonchev–Trinajstić information content (AvgIpc) is 3.45. The minimum atomic E-state index is -0.863. The standard InChI is InChI=1S/C22H28O6/c1-10-14-16-21(26-16)9-6-12-19(3,4)13(25-11(2)23)7-8-20(12,5)15(21)17-22(14,27-17)28-18(10)24/h12-13,15-17H,6-9H2,1-5H3/t12-,13+,15+,16-,17+,20-,21+,22+/m0/s1. The maximum Gasteiger partial charge on any atom is 0.336 e. The highest BCUT2D eigenvalue weighted by Gasteiger charge is 2.88. The number of hydrogen-bond acceptors (Lipinski definition) is 6. The molecule has 28 heavy (non-hydrogen) atoms. The van der Waals surface area contributed by atoms with Gasteiger partial charge in [0.1, 0.15) is 23.9 Å². The summed E-state index contributed by atoms with van der Waals surface area (Å²) in [5.41, 5.74) is 1.29. The van der Waals surface area contributed by atoms with E-state index in [1.165, 1.54) is 6.92 Å². The molecule has 0 bridgehead atoms. The normalized spacial score (nSPS) is 54.5. The molecule has 0 radical (unpaired) electrons. The molecule has 0 aromatic rings. The van der Waals surface area contributed by atoms with Gasteiger partial charge in [0, 0.05) is 29.4 Å². The summed E-state index contributed by atoms with van der Waals surface area (Å²) in [6, 6.07) is 0. The lowest BCUT2D eigenvalue weighted by Crippen LogP contribution is -2.62. The van der Waals surface area contributed by atoms with Crippen LogP contribution < -0.4 is 0 Å². The van der Waals surface area contributed by atoms with Crippen molar-refractivity contribution in [2.75, 3.05) is 0 Å². The van der Waals surface area contributed by atoms with Crippen molar-refractivity contribution in [2.45, 2.75) is 90.0 Å². The molecule has 3 heterocycles. The fourth-order valence-corrected chi connectivity index (χ4v) is 7.91. The molecule has 3 saturated carbocycles. The lowest BCUT2D eigenvalue weighted by molar-refractivity contribution is -0.186. The second-order valence-electron chi connectivity index (χ2n) is 10.6. The van der Waals surface area contributed by atoms with E-state index in [9.17, 15) is 9.59 Å². The van der Waals surface area contributed by atoms with Crippen LogP contribution in [0, 0.1) is 22.7 Å². The van der Waals surface area contributed by atoms with E-state index >= 15 is 0 Å². The Labute approximate surface area is 164 Å². The molecule has 8 atom stereocenters. The van der Waals surface area contributed by atoms with E-state index in [0.717, 1.165) is 31.3 Å². The van der Waals surface area contributed by atoms with Crippen LogP contribution in [-0.4, -0.2) is 41.6 Å². The fraction of sp³-hybridized carbons (Fsp3) is 0.818. The predicted molar refractivity (Wildman–Crippen MR) is 96.9 cm³/mol. The van der Waals surface area contributed by atoms with Gasteiger partial charge in [0.2, 0.25) is 0 Å². The van der Waals surface area contributed by atoms with E-state index < -0.39 is 5.79 Å². The molecule has 0 unspecified atom stereocenters. The summed E-state index contributed by atoms with van der Waals surface area (Å²) < 4.78 is 24.1. The molecular formula is C22H28O6. The van der Waals surface area contributed by atoms with E-state index in [1.807, 2.05) is 6.92 Å². The van der Waals surface area contributed by atoms with Crippen molar-refractivity contribution >= 4 is 11.9 Å². The van der Waals surface area contributed by atoms with Crippen molar-refractivity contribution in [3.8, 4) is 0 Å². The van der Waals surface area contributed by atoms with E-state index in [2.05, 4.69) is 20.8 Å². The van der Waals surface area contributed by atoms with Crippen molar-refractivity contribution in [2.24, 2.45) is 22.7 Å². The highest BCUT2D eigenvalue weighted by Crippen LogP contribution is 2.78. The summed E-state index contributed by atoms with van der Waals surface area (Å²) in [6.07, 6.45) is 3.58. The summed E-state index contributed by atoms with van der Waals surface area (Å²) in [7, 11) is 0. The van der Waals surface area contributed by atoms with Gasteiger partial charge < -0.3 is 18.9 Å². The monoisotopic (exact) mass is 388 g/mol. The van der Waals surface area contributed by atoms with Crippen molar-refractivity contribution in [3.63, 3.8) is 0 Å². The van der Waals surface area contributed by atoms with Crippen LogP contribution in [0.1, 0.15) is 60.3 Å². The van der Waals surface area contributed by atoms with Gasteiger partial charge in [-0.2, -0.15) is 0 Å². The lowest BCUT2D eigenvalue weighted by atomic mass is 9.43. The molecule has 6 rings (SSSR count). The molecule has 3 aliphatic carbocycles. The van der Waals surface area contributed by atoms with Gasteiger partial charge >= 0.3 is 11.9 Å². The number of epoxide rings is 2. The number of fused-ring (bicyclic) bond motifs is 4. The van der Waals surface area contributed by atoms with Crippen molar-refractivity contribution in [1.82, 2.24) is 0 Å². The Morgan fingerprint density at radius 1 is 1.14 bits per heavy atom. The third-order valence-corrected chi connectivity index (χ3v) is 9.08. The molecule has 0 aromatic carbocycles. The molecule has 152 valence electrons. The maximum absolute atomic E-state index is 12.3. The molecule has 6 nitrogen and oxygen atoms in total. The molecule has 6 aliphatic rings. The first-order valence-electron chi connectivity index (χ1n) is 10.6. The van der Waals surface area contributed by atoms with Gasteiger partial charge in [-0.3, -0.25) is 4.79 Å². The summed E-state index contributed by atoms with van der Waals surface area (Å²) in [5.74, 6) is -0.738. The van der Waals surface area contributed by atoms with Gasteiger partial charge in [0.05, 0.1) is 0 Å². The van der Waals surface area contributed by atoms with E-state index in [1.54, 1.807) is 0 Å². The van der Waals surface area contributed by atoms with Crippen LogP contribution in [-0.2, 0) is 28.5 Å². The van der Waals surface area contributed by atoms with Gasteiger partial charge in [0.25, 0.3) is 5.79 Å². The molecule has 2 saturated heterocycles. The van der Waals surface area contributed by atoms with E-state index in [4.69, 9.17) is 18.9 Å². The molecule has 3 aliphatic heterocycles. The molecule has 0 N–H and O–H groups in total. The Hall–Kier alpha value is -1.40. The molecule has 2 spiro atoms. The molecule has 0 amide bonds. The molecule has 0 aromatic heterocycles. The number of ether oxygens (including phenoxy) is 4. The van der Waals surface area contributed by atoms with Crippen LogP contribution >= 0.6 is 0 Å². The SMILES string of the molecule is CC(=O)O[C@@H]1CC[C@]2(C)[C@H]3[C@H]4O[C@]45OC(=O)C(C)=C5[C@@H]4O[C@]34CC[C@H]2C1(C)C. The van der Waals surface area contributed by atoms with Gasteiger partial charge in [-0.1, -0.05) is 20.8 Å². The molecule has 5 fully saturated rings. The summed E-state index contributed by atoms with van der Waals surface area (Å²) in [5, 5.41) is 0. The Kier molecular flexibility index (Phi) is 2.91. The Bertz CT molecular complexity index is 859. The average molecular weight is 388 g/mol. The van der Waals surface area contributed by atoms with Crippen LogP contribution in [0.25, 0.3) is 0 Å². The highest BCUT2D eigenvalue weighted by atomic mass is 16.8. The van der Waals surface area contributed by atoms with Crippen molar-refractivity contribution in [1.29, 1.82) is 0 Å². The van der Waals surface area contributed by atoms with Crippen LogP contribution in [0.3, 0.4) is 0 Å². The minimum Gasteiger partial charge on any atom is -0.462 e.